The van der Waals surface area contributed by atoms with Crippen molar-refractivity contribution in [1.29, 1.82) is 0 Å². The first-order valence-corrected chi connectivity index (χ1v) is 8.01. The molecule has 0 unspecified atom stereocenters. The van der Waals surface area contributed by atoms with Gasteiger partial charge in [-0.3, -0.25) is 0 Å². The predicted octanol–water partition coefficient (Wildman–Crippen LogP) is -3.17. The molecule has 0 saturated carbocycles. The molecule has 29 heavy (non-hydrogen) atoms. The minimum Gasteiger partial charge on any atom is -0.394 e. The molecule has 0 aliphatic rings. The van der Waals surface area contributed by atoms with Gasteiger partial charge in [-0.1, -0.05) is 30.6 Å². The summed E-state index contributed by atoms with van der Waals surface area (Å²) in [5, 5.41) is 76.2. The van der Waals surface area contributed by atoms with Crippen molar-refractivity contribution in [2.24, 2.45) is 20.7 Å². The van der Waals surface area contributed by atoms with E-state index in [0.717, 1.165) is 19.5 Å². The molecular weight excluding hydrogens is 394 g/mol. The lowest BCUT2D eigenvalue weighted by molar-refractivity contribution is 0.259. The molecule has 0 atom stereocenters. The summed E-state index contributed by atoms with van der Waals surface area (Å²) in [6, 6.07) is 0. The molecule has 3 aromatic rings. The van der Waals surface area contributed by atoms with Crippen LogP contribution in [-0.2, 0) is 19.6 Å². The van der Waals surface area contributed by atoms with Crippen molar-refractivity contribution in [3.05, 3.63) is 0 Å². The molecule has 0 radical (unpaired) electrons. The Morgan fingerprint density at radius 1 is 0.655 bits per heavy atom. The molecule has 0 saturated heterocycles. The highest BCUT2D eigenvalue weighted by atomic mass is 16.3. The standard InChI is InChI=1S/C9H15N17O3/c27-4-1-23-15-7(10-18-23)12-21-26(9-14-20-25(17-9)3-6-29)22-13-8-11-19-24(16-8)2-5-28/h27-29H,1-6H2/b21-12+,22-13+. The number of tetrazole rings is 3. The zero-order valence-corrected chi connectivity index (χ0v) is 14.7. The van der Waals surface area contributed by atoms with Crippen molar-refractivity contribution < 1.29 is 15.3 Å². The van der Waals surface area contributed by atoms with Crippen LogP contribution in [0, 0.1) is 0 Å². The molecule has 154 valence electrons. The maximum Gasteiger partial charge on any atom is 0.311 e. The number of aliphatic hydroxyl groups excluding tert-OH is 3. The molecule has 20 nitrogen and oxygen atoms in total. The van der Waals surface area contributed by atoms with Gasteiger partial charge in [0.15, 0.2) is 0 Å². The largest absolute Gasteiger partial charge is 0.394 e. The first-order valence-electron chi connectivity index (χ1n) is 8.01. The van der Waals surface area contributed by atoms with Gasteiger partial charge in [0.05, 0.1) is 39.5 Å². The SMILES string of the molecule is OCCn1nnc(/N=N/N(/N=N/c2nnn(CCO)n2)c2nnn(CCO)n2)n1. The van der Waals surface area contributed by atoms with Crippen LogP contribution < -0.4 is 5.12 Å². The molecular formula is C9H15N17O3. The van der Waals surface area contributed by atoms with Gasteiger partial charge >= 0.3 is 17.8 Å². The molecule has 0 aliphatic carbocycles. The Morgan fingerprint density at radius 3 is 1.59 bits per heavy atom. The molecule has 0 bridgehead atoms. The number of nitrogens with zero attached hydrogens (tertiary/aromatic N) is 17. The van der Waals surface area contributed by atoms with Crippen LogP contribution in [0.4, 0.5) is 17.8 Å². The molecule has 0 amide bonds. The highest BCUT2D eigenvalue weighted by Gasteiger charge is 2.14. The Balaban J connectivity index is 1.79. The summed E-state index contributed by atoms with van der Waals surface area (Å²) in [6.45, 7) is -0.168. The summed E-state index contributed by atoms with van der Waals surface area (Å²) >= 11 is 0. The van der Waals surface area contributed by atoms with Crippen molar-refractivity contribution >= 4 is 17.8 Å². The van der Waals surface area contributed by atoms with Gasteiger partial charge in [0.25, 0.3) is 0 Å². The third-order valence-electron chi connectivity index (χ3n) is 2.84. The third kappa shape index (κ3) is 5.53. The fourth-order valence-corrected chi connectivity index (χ4v) is 1.68. The van der Waals surface area contributed by atoms with Crippen LogP contribution >= 0.6 is 0 Å². The van der Waals surface area contributed by atoms with Crippen molar-refractivity contribution in [2.75, 3.05) is 24.9 Å². The van der Waals surface area contributed by atoms with Gasteiger partial charge in [-0.25, -0.2) is 0 Å². The van der Waals surface area contributed by atoms with Crippen molar-refractivity contribution in [3.63, 3.8) is 0 Å². The average Bonchev–Trinajstić information content (AvgIpc) is 3.45. The van der Waals surface area contributed by atoms with Crippen LogP contribution in [0.15, 0.2) is 20.7 Å². The van der Waals surface area contributed by atoms with E-state index in [1.54, 1.807) is 0 Å². The second-order valence-corrected chi connectivity index (χ2v) is 4.90. The highest BCUT2D eigenvalue weighted by Crippen LogP contribution is 2.12. The second-order valence-electron chi connectivity index (χ2n) is 4.90. The lowest BCUT2D eigenvalue weighted by Crippen LogP contribution is -2.10. The minimum absolute atomic E-state index is 0.100. The molecule has 3 N–H and O–H groups in total. The Bertz CT molecular complexity index is 889. The lowest BCUT2D eigenvalue weighted by Gasteiger charge is -2.01. The summed E-state index contributed by atoms with van der Waals surface area (Å²) in [6.07, 6.45) is 0. The van der Waals surface area contributed by atoms with Crippen LogP contribution in [0.5, 0.6) is 0 Å². The van der Waals surface area contributed by atoms with E-state index in [4.69, 9.17) is 15.3 Å². The molecule has 20 heteroatoms. The van der Waals surface area contributed by atoms with E-state index in [2.05, 4.69) is 66.9 Å². The molecule has 0 spiro atoms. The smallest absolute Gasteiger partial charge is 0.311 e. The van der Waals surface area contributed by atoms with Crippen LogP contribution in [0.3, 0.4) is 0 Å². The van der Waals surface area contributed by atoms with Gasteiger partial charge in [-0.15, -0.1) is 15.3 Å². The van der Waals surface area contributed by atoms with E-state index in [1.165, 1.54) is 0 Å². The van der Waals surface area contributed by atoms with E-state index >= 15 is 0 Å². The number of aliphatic hydroxyl groups is 3. The van der Waals surface area contributed by atoms with Crippen molar-refractivity contribution in [1.82, 2.24) is 60.6 Å². The predicted molar refractivity (Wildman–Crippen MR) is 86.2 cm³/mol. The number of hydrogen-bond donors (Lipinski definition) is 3. The van der Waals surface area contributed by atoms with Crippen LogP contribution in [0.1, 0.15) is 0 Å². The van der Waals surface area contributed by atoms with Crippen LogP contribution in [0.2, 0.25) is 0 Å². The summed E-state index contributed by atoms with van der Waals surface area (Å²) < 4.78 is 0. The normalized spacial score (nSPS) is 11.8. The molecule has 3 rings (SSSR count). The molecule has 3 aromatic heterocycles. The molecule has 0 fully saturated rings. The van der Waals surface area contributed by atoms with E-state index in [1.807, 2.05) is 0 Å². The van der Waals surface area contributed by atoms with E-state index in [-0.39, 0.29) is 57.3 Å². The molecule has 0 aliphatic heterocycles. The summed E-state index contributed by atoms with van der Waals surface area (Å²) in [5.74, 6) is -0.363. The monoisotopic (exact) mass is 409 g/mol. The number of anilines is 1. The van der Waals surface area contributed by atoms with Gasteiger partial charge in [0.1, 0.15) is 0 Å². The average molecular weight is 409 g/mol. The first kappa shape index (κ1) is 19.8. The summed E-state index contributed by atoms with van der Waals surface area (Å²) in [4.78, 5) is 3.36. The number of rotatable bonds is 11. The van der Waals surface area contributed by atoms with Gasteiger partial charge in [0, 0.05) is 0 Å². The van der Waals surface area contributed by atoms with Gasteiger partial charge in [-0.2, -0.15) is 14.4 Å². The lowest BCUT2D eigenvalue weighted by atomic mass is 10.7. The fraction of sp³-hybridized carbons (Fsp3) is 0.667. The zero-order valence-electron chi connectivity index (χ0n) is 14.7. The van der Waals surface area contributed by atoms with Gasteiger partial charge in [-0.05, 0) is 26.1 Å². The Labute approximate surface area is 160 Å². The minimum atomic E-state index is -0.200. The number of hydrogen-bond acceptors (Lipinski definition) is 16. The van der Waals surface area contributed by atoms with Crippen molar-refractivity contribution in [3.8, 4) is 0 Å². The van der Waals surface area contributed by atoms with E-state index in [9.17, 15) is 0 Å². The van der Waals surface area contributed by atoms with E-state index < -0.39 is 0 Å². The Kier molecular flexibility index (Phi) is 6.75. The van der Waals surface area contributed by atoms with Crippen molar-refractivity contribution in [2.45, 2.75) is 19.6 Å². The highest BCUT2D eigenvalue weighted by molar-refractivity contribution is 5.22. The quantitative estimate of drug-likeness (QED) is 0.209. The first-order chi connectivity index (χ1) is 14.2. The van der Waals surface area contributed by atoms with Gasteiger partial charge < -0.3 is 15.3 Å². The second kappa shape index (κ2) is 9.86. The zero-order chi connectivity index (χ0) is 20.5. The van der Waals surface area contributed by atoms with Gasteiger partial charge in [0.2, 0.25) is 0 Å². The Hall–Kier alpha value is -3.91. The maximum atomic E-state index is 8.95. The van der Waals surface area contributed by atoms with Crippen LogP contribution in [-0.4, -0.2) is 95.8 Å². The fourth-order valence-electron chi connectivity index (χ4n) is 1.68. The van der Waals surface area contributed by atoms with E-state index in [0.29, 0.717) is 0 Å². The molecule has 3 heterocycles. The third-order valence-corrected chi connectivity index (χ3v) is 2.84. The Morgan fingerprint density at radius 2 is 1.10 bits per heavy atom. The number of aromatic nitrogens is 12. The van der Waals surface area contributed by atoms with Crippen LogP contribution in [0.25, 0.3) is 0 Å². The summed E-state index contributed by atoms with van der Waals surface area (Å²) in [5.41, 5.74) is 0. The molecule has 0 aromatic carbocycles. The maximum absolute atomic E-state index is 8.95. The topological polar surface area (TPSA) is 244 Å². The summed E-state index contributed by atoms with van der Waals surface area (Å²) in [7, 11) is 0.